The lowest BCUT2D eigenvalue weighted by molar-refractivity contribution is -0.119. The topological polar surface area (TPSA) is 69.6 Å². The summed E-state index contributed by atoms with van der Waals surface area (Å²) >= 11 is 1.16. The van der Waals surface area contributed by atoms with Crippen LogP contribution < -0.4 is 10.2 Å². The van der Waals surface area contributed by atoms with Crippen molar-refractivity contribution in [3.8, 4) is 0 Å². The van der Waals surface area contributed by atoms with Crippen LogP contribution in [0.2, 0.25) is 0 Å². The zero-order valence-electron chi connectivity index (χ0n) is 10.8. The first-order valence-electron chi connectivity index (χ1n) is 5.69. The number of thiophene rings is 1. The third-order valence-electron chi connectivity index (χ3n) is 2.33. The van der Waals surface area contributed by atoms with Gasteiger partial charge in [0.05, 0.1) is 6.54 Å². The number of carbonyl (C=O) groups is 2. The lowest BCUT2D eigenvalue weighted by Gasteiger charge is -2.17. The molecule has 0 saturated carbocycles. The number of carbonyl (C=O) groups excluding carboxylic acids is 1. The molecular weight excluding hydrogens is 252 g/mol. The minimum atomic E-state index is -0.941. The molecule has 0 unspecified atom stereocenters. The summed E-state index contributed by atoms with van der Waals surface area (Å²) in [5.41, 5.74) is 0.747. The Morgan fingerprint density at radius 2 is 2.17 bits per heavy atom. The normalized spacial score (nSPS) is 10.4. The van der Waals surface area contributed by atoms with Crippen molar-refractivity contribution in [3.63, 3.8) is 0 Å². The van der Waals surface area contributed by atoms with E-state index in [1.807, 2.05) is 13.8 Å². The van der Waals surface area contributed by atoms with Crippen molar-refractivity contribution >= 4 is 28.9 Å². The average molecular weight is 270 g/mol. The second-order valence-electron chi connectivity index (χ2n) is 4.53. The molecule has 0 radical (unpaired) electrons. The fourth-order valence-electron chi connectivity index (χ4n) is 1.32. The molecule has 0 bridgehead atoms. The van der Waals surface area contributed by atoms with Crippen LogP contribution in [0.4, 0.5) is 5.69 Å². The number of anilines is 1. The maximum atomic E-state index is 11.6. The lowest BCUT2D eigenvalue weighted by atomic mass is 10.2. The first-order valence-corrected chi connectivity index (χ1v) is 6.57. The fraction of sp³-hybridized carbons (Fsp3) is 0.500. The van der Waals surface area contributed by atoms with Crippen LogP contribution in [0.15, 0.2) is 11.4 Å². The fourth-order valence-corrected chi connectivity index (χ4v) is 2.10. The summed E-state index contributed by atoms with van der Waals surface area (Å²) in [6.45, 7) is 4.93. The number of amides is 1. The second-order valence-corrected chi connectivity index (χ2v) is 5.44. The smallest absolute Gasteiger partial charge is 0.345 e. The molecule has 0 aliphatic carbocycles. The van der Waals surface area contributed by atoms with Gasteiger partial charge in [0.2, 0.25) is 5.91 Å². The van der Waals surface area contributed by atoms with Gasteiger partial charge in [-0.1, -0.05) is 13.8 Å². The Morgan fingerprint density at radius 1 is 1.50 bits per heavy atom. The predicted molar refractivity (Wildman–Crippen MR) is 72.4 cm³/mol. The molecule has 2 N–H and O–H groups in total. The van der Waals surface area contributed by atoms with Crippen LogP contribution in [0.3, 0.4) is 0 Å². The summed E-state index contributed by atoms with van der Waals surface area (Å²) < 4.78 is 0. The third-order valence-corrected chi connectivity index (χ3v) is 3.23. The van der Waals surface area contributed by atoms with Crippen LogP contribution >= 0.6 is 11.3 Å². The van der Waals surface area contributed by atoms with Crippen molar-refractivity contribution in [2.75, 3.05) is 25.0 Å². The Kier molecular flexibility index (Phi) is 5.15. The van der Waals surface area contributed by atoms with Gasteiger partial charge < -0.3 is 15.3 Å². The molecule has 0 fully saturated rings. The standard InChI is InChI=1S/C12H18N2O3S/c1-8(2)5-13-11(15)6-14(3)9-4-10(12(16)17)18-7-9/h4,7-8H,5-6H2,1-3H3,(H,13,15)(H,16,17). The highest BCUT2D eigenvalue weighted by molar-refractivity contribution is 7.12. The molecule has 0 spiro atoms. The second kappa shape index (κ2) is 6.39. The molecule has 1 amide bonds. The van der Waals surface area contributed by atoms with E-state index in [2.05, 4.69) is 5.32 Å². The summed E-state index contributed by atoms with van der Waals surface area (Å²) in [7, 11) is 1.77. The quantitative estimate of drug-likeness (QED) is 0.824. The van der Waals surface area contributed by atoms with E-state index in [1.165, 1.54) is 0 Å². The van der Waals surface area contributed by atoms with Gasteiger partial charge in [-0.25, -0.2) is 4.79 Å². The Bertz CT molecular complexity index is 429. The van der Waals surface area contributed by atoms with E-state index in [0.717, 1.165) is 17.0 Å². The number of hydrogen-bond donors (Lipinski definition) is 2. The highest BCUT2D eigenvalue weighted by Gasteiger charge is 2.12. The number of carboxylic acids is 1. The minimum Gasteiger partial charge on any atom is -0.477 e. The van der Waals surface area contributed by atoms with Gasteiger partial charge in [0.1, 0.15) is 4.88 Å². The van der Waals surface area contributed by atoms with Crippen LogP contribution in [-0.2, 0) is 4.79 Å². The Balaban J connectivity index is 2.51. The summed E-state index contributed by atoms with van der Waals surface area (Å²) in [6, 6.07) is 1.57. The number of hydrogen-bond acceptors (Lipinski definition) is 4. The molecule has 100 valence electrons. The molecule has 0 saturated heterocycles. The van der Waals surface area contributed by atoms with Gasteiger partial charge in [-0.15, -0.1) is 11.3 Å². The Labute approximate surface area is 110 Å². The third kappa shape index (κ3) is 4.37. The van der Waals surface area contributed by atoms with E-state index in [-0.39, 0.29) is 17.3 Å². The Hall–Kier alpha value is -1.56. The van der Waals surface area contributed by atoms with E-state index in [0.29, 0.717) is 12.5 Å². The van der Waals surface area contributed by atoms with Crippen molar-refractivity contribution in [1.29, 1.82) is 0 Å². The van der Waals surface area contributed by atoms with E-state index in [9.17, 15) is 9.59 Å². The number of nitrogens with zero attached hydrogens (tertiary/aromatic N) is 1. The van der Waals surface area contributed by atoms with E-state index in [1.54, 1.807) is 23.4 Å². The van der Waals surface area contributed by atoms with Gasteiger partial charge in [0.25, 0.3) is 0 Å². The molecule has 18 heavy (non-hydrogen) atoms. The van der Waals surface area contributed by atoms with Gasteiger partial charge in [0, 0.05) is 24.7 Å². The first-order chi connectivity index (χ1) is 8.40. The molecule has 0 aliphatic rings. The van der Waals surface area contributed by atoms with Gasteiger partial charge in [-0.3, -0.25) is 4.79 Å². The molecule has 6 heteroatoms. The largest absolute Gasteiger partial charge is 0.477 e. The molecule has 1 aromatic rings. The van der Waals surface area contributed by atoms with E-state index >= 15 is 0 Å². The molecule has 5 nitrogen and oxygen atoms in total. The highest BCUT2D eigenvalue weighted by atomic mass is 32.1. The van der Waals surface area contributed by atoms with Crippen LogP contribution in [0.25, 0.3) is 0 Å². The van der Waals surface area contributed by atoms with Gasteiger partial charge in [-0.05, 0) is 12.0 Å². The van der Waals surface area contributed by atoms with Crippen LogP contribution in [0, 0.1) is 5.92 Å². The van der Waals surface area contributed by atoms with Gasteiger partial charge in [-0.2, -0.15) is 0 Å². The Morgan fingerprint density at radius 3 is 2.67 bits per heavy atom. The van der Waals surface area contributed by atoms with E-state index in [4.69, 9.17) is 5.11 Å². The number of aromatic carboxylic acids is 1. The zero-order chi connectivity index (χ0) is 13.7. The maximum absolute atomic E-state index is 11.6. The molecule has 1 rings (SSSR count). The van der Waals surface area contributed by atoms with Crippen molar-refractivity contribution < 1.29 is 14.7 Å². The average Bonchev–Trinajstić information content (AvgIpc) is 2.75. The zero-order valence-corrected chi connectivity index (χ0v) is 11.6. The van der Waals surface area contributed by atoms with Crippen molar-refractivity contribution in [3.05, 3.63) is 16.3 Å². The predicted octanol–water partition coefficient (Wildman–Crippen LogP) is 1.65. The summed E-state index contributed by atoms with van der Waals surface area (Å²) in [5.74, 6) is -0.586. The van der Waals surface area contributed by atoms with Crippen molar-refractivity contribution in [2.45, 2.75) is 13.8 Å². The molecular formula is C12H18N2O3S. The minimum absolute atomic E-state index is 0.0609. The molecule has 0 atom stereocenters. The number of rotatable bonds is 6. The van der Waals surface area contributed by atoms with Crippen molar-refractivity contribution in [1.82, 2.24) is 5.32 Å². The number of nitrogens with one attached hydrogen (secondary N) is 1. The van der Waals surface area contributed by atoms with Crippen LogP contribution in [0.5, 0.6) is 0 Å². The SMILES string of the molecule is CC(C)CNC(=O)CN(C)c1csc(C(=O)O)c1. The van der Waals surface area contributed by atoms with Crippen LogP contribution in [-0.4, -0.2) is 37.1 Å². The van der Waals surface area contributed by atoms with Crippen LogP contribution in [0.1, 0.15) is 23.5 Å². The first kappa shape index (κ1) is 14.5. The molecule has 0 aromatic carbocycles. The molecule has 1 aromatic heterocycles. The molecule has 1 heterocycles. The summed E-state index contributed by atoms with van der Waals surface area (Å²) in [5, 5.41) is 13.4. The summed E-state index contributed by atoms with van der Waals surface area (Å²) in [6.07, 6.45) is 0. The summed E-state index contributed by atoms with van der Waals surface area (Å²) in [4.78, 5) is 24.4. The monoisotopic (exact) mass is 270 g/mol. The highest BCUT2D eigenvalue weighted by Crippen LogP contribution is 2.21. The van der Waals surface area contributed by atoms with Gasteiger partial charge in [0.15, 0.2) is 0 Å². The van der Waals surface area contributed by atoms with E-state index < -0.39 is 5.97 Å². The molecule has 0 aliphatic heterocycles. The number of likely N-dealkylation sites (N-methyl/N-ethyl adjacent to an activating group) is 1. The van der Waals surface area contributed by atoms with Gasteiger partial charge >= 0.3 is 5.97 Å². The lowest BCUT2D eigenvalue weighted by Crippen LogP contribution is -2.36. The van der Waals surface area contributed by atoms with Crippen molar-refractivity contribution in [2.24, 2.45) is 5.92 Å². The number of carboxylic acid groups (broad SMARTS) is 1. The maximum Gasteiger partial charge on any atom is 0.345 e.